The highest BCUT2D eigenvalue weighted by atomic mass is 79.9. The molecule has 1 unspecified atom stereocenters. The van der Waals surface area contributed by atoms with Crippen molar-refractivity contribution in [3.05, 3.63) is 58.2 Å². The van der Waals surface area contributed by atoms with Crippen molar-refractivity contribution in [1.29, 1.82) is 0 Å². The Kier molecular flexibility index (Phi) is 3.59. The van der Waals surface area contributed by atoms with Crippen molar-refractivity contribution in [1.82, 2.24) is 4.90 Å². The molecule has 0 saturated heterocycles. The molecule has 0 aromatic heterocycles. The van der Waals surface area contributed by atoms with Crippen LogP contribution in [0.5, 0.6) is 0 Å². The average Bonchev–Trinajstić information content (AvgIpc) is 2.29. The van der Waals surface area contributed by atoms with Crippen LogP contribution in [-0.2, 0) is 6.54 Å². The lowest BCUT2D eigenvalue weighted by molar-refractivity contribution is 0.312. The fraction of sp³-hybridized carbons (Fsp3) is 0.167. The van der Waals surface area contributed by atoms with Crippen LogP contribution in [0.15, 0.2) is 41.0 Å². The van der Waals surface area contributed by atoms with Gasteiger partial charge in [-0.3, -0.25) is 0 Å². The fourth-order valence-electron chi connectivity index (χ4n) is 1.59. The highest BCUT2D eigenvalue weighted by molar-refractivity contribution is 9.11. The van der Waals surface area contributed by atoms with Crippen LogP contribution in [0.2, 0.25) is 0 Å². The highest BCUT2D eigenvalue weighted by Crippen LogP contribution is 2.19. The first-order chi connectivity index (χ1) is 8.06. The summed E-state index contributed by atoms with van der Waals surface area (Å²) in [7, 11) is 0. The van der Waals surface area contributed by atoms with E-state index in [1.165, 1.54) is 6.07 Å². The Balaban J connectivity index is 2.15. The van der Waals surface area contributed by atoms with Gasteiger partial charge < -0.3 is 10.6 Å². The molecule has 0 saturated carbocycles. The van der Waals surface area contributed by atoms with Crippen LogP contribution in [0, 0.1) is 11.6 Å². The van der Waals surface area contributed by atoms with Crippen molar-refractivity contribution in [2.75, 3.05) is 0 Å². The van der Waals surface area contributed by atoms with E-state index in [1.54, 1.807) is 6.07 Å². The second-order valence-electron chi connectivity index (χ2n) is 3.78. The van der Waals surface area contributed by atoms with Gasteiger partial charge in [0.2, 0.25) is 0 Å². The van der Waals surface area contributed by atoms with Gasteiger partial charge in [-0.15, -0.1) is 0 Å². The van der Waals surface area contributed by atoms with Gasteiger partial charge in [0, 0.05) is 17.2 Å². The number of hydrogen-bond acceptors (Lipinski definition) is 2. The molecule has 0 amide bonds. The van der Waals surface area contributed by atoms with E-state index in [2.05, 4.69) is 15.9 Å². The predicted octanol–water partition coefficient (Wildman–Crippen LogP) is 2.86. The third kappa shape index (κ3) is 2.92. The van der Waals surface area contributed by atoms with Gasteiger partial charge in [-0.05, 0) is 45.8 Å². The molecule has 1 atom stereocenters. The Labute approximate surface area is 107 Å². The van der Waals surface area contributed by atoms with Crippen molar-refractivity contribution in [3.8, 4) is 0 Å². The van der Waals surface area contributed by atoms with Gasteiger partial charge >= 0.3 is 0 Å². The molecular formula is C12H11BrF2N2. The predicted molar refractivity (Wildman–Crippen MR) is 66.0 cm³/mol. The van der Waals surface area contributed by atoms with E-state index in [-0.39, 0.29) is 6.17 Å². The smallest absolute Gasteiger partial charge is 0.159 e. The Hall–Kier alpha value is -1.20. The second kappa shape index (κ2) is 4.98. The van der Waals surface area contributed by atoms with Crippen LogP contribution in [0.4, 0.5) is 8.78 Å². The molecule has 1 aliphatic rings. The molecule has 17 heavy (non-hydrogen) atoms. The lowest BCUT2D eigenvalue weighted by Crippen LogP contribution is -2.37. The van der Waals surface area contributed by atoms with Crippen LogP contribution in [0.1, 0.15) is 5.56 Å². The maximum absolute atomic E-state index is 13.0. The SMILES string of the molecule is NC1C=CC(Br)=CN1Cc1ccc(F)c(F)c1. The molecule has 1 aromatic carbocycles. The third-order valence-corrected chi connectivity index (χ3v) is 2.94. The van der Waals surface area contributed by atoms with E-state index in [0.717, 1.165) is 10.5 Å². The first-order valence-corrected chi connectivity index (χ1v) is 5.86. The molecule has 90 valence electrons. The molecule has 0 fully saturated rings. The van der Waals surface area contributed by atoms with Crippen LogP contribution < -0.4 is 5.73 Å². The van der Waals surface area contributed by atoms with E-state index < -0.39 is 11.6 Å². The van der Waals surface area contributed by atoms with Crippen LogP contribution in [0.3, 0.4) is 0 Å². The zero-order chi connectivity index (χ0) is 12.4. The number of halogens is 3. The van der Waals surface area contributed by atoms with Crippen LogP contribution >= 0.6 is 15.9 Å². The minimum absolute atomic E-state index is 0.260. The summed E-state index contributed by atoms with van der Waals surface area (Å²) < 4.78 is 26.7. The molecule has 1 heterocycles. The van der Waals surface area contributed by atoms with Crippen molar-refractivity contribution in [2.24, 2.45) is 5.73 Å². The largest absolute Gasteiger partial charge is 0.353 e. The lowest BCUT2D eigenvalue weighted by atomic mass is 10.2. The molecule has 0 bridgehead atoms. The fourth-order valence-corrected chi connectivity index (χ4v) is 2.00. The lowest BCUT2D eigenvalue weighted by Gasteiger charge is -2.28. The van der Waals surface area contributed by atoms with E-state index >= 15 is 0 Å². The Morgan fingerprint density at radius 2 is 2.06 bits per heavy atom. The van der Waals surface area contributed by atoms with Gasteiger partial charge in [0.25, 0.3) is 0 Å². The Morgan fingerprint density at radius 1 is 1.29 bits per heavy atom. The molecule has 5 heteroatoms. The summed E-state index contributed by atoms with van der Waals surface area (Å²) in [5.74, 6) is -1.68. The maximum Gasteiger partial charge on any atom is 0.159 e. The Morgan fingerprint density at radius 3 is 2.76 bits per heavy atom. The van der Waals surface area contributed by atoms with Gasteiger partial charge in [-0.2, -0.15) is 0 Å². The van der Waals surface area contributed by atoms with Gasteiger partial charge in [-0.25, -0.2) is 8.78 Å². The quantitative estimate of drug-likeness (QED) is 0.910. The summed E-state index contributed by atoms with van der Waals surface area (Å²) in [6.07, 6.45) is 5.24. The van der Waals surface area contributed by atoms with Gasteiger partial charge in [-0.1, -0.05) is 6.07 Å². The zero-order valence-electron chi connectivity index (χ0n) is 8.91. The molecule has 1 aromatic rings. The monoisotopic (exact) mass is 300 g/mol. The van der Waals surface area contributed by atoms with Crippen LogP contribution in [0.25, 0.3) is 0 Å². The minimum Gasteiger partial charge on any atom is -0.353 e. The van der Waals surface area contributed by atoms with Gasteiger partial charge in [0.15, 0.2) is 11.6 Å². The summed E-state index contributed by atoms with van der Waals surface area (Å²) in [5.41, 5.74) is 6.54. The van der Waals surface area contributed by atoms with Crippen LogP contribution in [-0.4, -0.2) is 11.1 Å². The maximum atomic E-state index is 13.0. The second-order valence-corrected chi connectivity index (χ2v) is 4.70. The first kappa shape index (κ1) is 12.3. The molecule has 2 N–H and O–H groups in total. The normalized spacial score (nSPS) is 19.4. The van der Waals surface area contributed by atoms with E-state index in [1.807, 2.05) is 23.3 Å². The number of allylic oxidation sites excluding steroid dienone is 2. The number of nitrogens with two attached hydrogens (primary N) is 1. The summed E-state index contributed by atoms with van der Waals surface area (Å²) in [6, 6.07) is 3.85. The highest BCUT2D eigenvalue weighted by Gasteiger charge is 2.13. The topological polar surface area (TPSA) is 29.3 Å². The molecule has 2 nitrogen and oxygen atoms in total. The standard InChI is InChI=1S/C12H11BrF2N2/c13-9-2-4-12(16)17(7-9)6-8-1-3-10(14)11(15)5-8/h1-5,7,12H,6,16H2. The van der Waals surface area contributed by atoms with E-state index in [9.17, 15) is 8.78 Å². The third-order valence-electron chi connectivity index (χ3n) is 2.47. The summed E-state index contributed by atoms with van der Waals surface area (Å²) in [6.45, 7) is 0.428. The van der Waals surface area contributed by atoms with Gasteiger partial charge in [0.05, 0.1) is 6.17 Å². The van der Waals surface area contributed by atoms with E-state index in [0.29, 0.717) is 12.1 Å². The molecule has 0 aliphatic carbocycles. The molecule has 0 spiro atoms. The minimum atomic E-state index is -0.841. The number of benzene rings is 1. The molecule has 0 radical (unpaired) electrons. The summed E-state index contributed by atoms with van der Waals surface area (Å²) in [5, 5.41) is 0. The van der Waals surface area contributed by atoms with Crippen molar-refractivity contribution < 1.29 is 8.78 Å². The number of rotatable bonds is 2. The first-order valence-electron chi connectivity index (χ1n) is 5.07. The summed E-state index contributed by atoms with van der Waals surface area (Å²) in [4.78, 5) is 1.83. The molecular weight excluding hydrogens is 290 g/mol. The number of nitrogens with zero attached hydrogens (tertiary/aromatic N) is 1. The van der Waals surface area contributed by atoms with Crippen molar-refractivity contribution in [2.45, 2.75) is 12.7 Å². The summed E-state index contributed by atoms with van der Waals surface area (Å²) >= 11 is 3.34. The number of hydrogen-bond donors (Lipinski definition) is 1. The van der Waals surface area contributed by atoms with Gasteiger partial charge in [0.1, 0.15) is 0 Å². The van der Waals surface area contributed by atoms with Crippen molar-refractivity contribution >= 4 is 15.9 Å². The van der Waals surface area contributed by atoms with Crippen molar-refractivity contribution in [3.63, 3.8) is 0 Å². The Bertz CT molecular complexity index is 485. The molecule has 2 rings (SSSR count). The molecule has 1 aliphatic heterocycles. The van der Waals surface area contributed by atoms with E-state index in [4.69, 9.17) is 5.73 Å². The zero-order valence-corrected chi connectivity index (χ0v) is 10.5. The average molecular weight is 301 g/mol.